The van der Waals surface area contributed by atoms with Crippen LogP contribution in [0, 0.1) is 0 Å². The molecule has 0 heterocycles. The summed E-state index contributed by atoms with van der Waals surface area (Å²) in [5.74, 6) is 8.49. The average Bonchev–Trinajstić information content (AvgIpc) is 2.31. The zero-order chi connectivity index (χ0) is 12.6. The molecule has 8 N–H and O–H groups in total. The van der Waals surface area contributed by atoms with Crippen LogP contribution in [0.25, 0.3) is 0 Å². The minimum atomic E-state index is -0.805. The zero-order valence-corrected chi connectivity index (χ0v) is 9.96. The average molecular weight is 270 g/mol. The van der Waals surface area contributed by atoms with Gasteiger partial charge < -0.3 is 21.1 Å². The number of hydrogen-bond acceptors (Lipinski definition) is 10. The van der Waals surface area contributed by atoms with Gasteiger partial charge in [0.2, 0.25) is 0 Å². The van der Waals surface area contributed by atoms with Crippen molar-refractivity contribution in [3.8, 4) is 0 Å². The Bertz CT molecular complexity index is 219. The van der Waals surface area contributed by atoms with Gasteiger partial charge in [-0.15, -0.1) is 0 Å². The molecular weight excluding hydrogens is 256 g/mol. The van der Waals surface area contributed by atoms with Crippen molar-refractivity contribution in [2.75, 3.05) is 11.5 Å². The van der Waals surface area contributed by atoms with E-state index < -0.39 is 24.0 Å². The highest BCUT2D eigenvalue weighted by Crippen LogP contribution is 2.22. The van der Waals surface area contributed by atoms with E-state index in [1.54, 1.807) is 0 Å². The molecular formula is C6H14N4O4S2. The second kappa shape index (κ2) is 8.61. The first kappa shape index (κ1) is 15.5. The van der Waals surface area contributed by atoms with E-state index in [1.807, 2.05) is 0 Å². The summed E-state index contributed by atoms with van der Waals surface area (Å²) in [5.41, 5.74) is 10.8. The van der Waals surface area contributed by atoms with Gasteiger partial charge in [0, 0.05) is 11.5 Å². The summed E-state index contributed by atoms with van der Waals surface area (Å²) < 4.78 is 0. The van der Waals surface area contributed by atoms with Gasteiger partial charge in [-0.1, -0.05) is 21.6 Å². The third kappa shape index (κ3) is 6.15. The number of carbonyl (C=O) groups excluding carboxylic acids is 2. The first-order valence-corrected chi connectivity index (χ1v) is 6.58. The van der Waals surface area contributed by atoms with Crippen LogP contribution in [-0.2, 0) is 19.3 Å². The maximum atomic E-state index is 10.8. The Balaban J connectivity index is 3.60. The van der Waals surface area contributed by atoms with Gasteiger partial charge in [-0.25, -0.2) is 9.59 Å². The number of carbonyl (C=O) groups is 2. The molecule has 0 rings (SSSR count). The smallest absolute Gasteiger partial charge is 0.342 e. The summed E-state index contributed by atoms with van der Waals surface area (Å²) in [5, 5.41) is 0. The molecule has 0 aliphatic carbocycles. The summed E-state index contributed by atoms with van der Waals surface area (Å²) in [6.45, 7) is 0. The van der Waals surface area contributed by atoms with Crippen LogP contribution in [0.2, 0.25) is 0 Å². The van der Waals surface area contributed by atoms with Gasteiger partial charge in [-0.05, 0) is 0 Å². The van der Waals surface area contributed by atoms with Crippen LogP contribution < -0.4 is 23.3 Å². The number of hydrogen-bond donors (Lipinski definition) is 4. The van der Waals surface area contributed by atoms with Crippen LogP contribution in [0.4, 0.5) is 0 Å². The van der Waals surface area contributed by atoms with Crippen LogP contribution in [0.3, 0.4) is 0 Å². The van der Waals surface area contributed by atoms with E-state index >= 15 is 0 Å². The Morgan fingerprint density at radius 2 is 1.25 bits per heavy atom. The molecule has 2 atom stereocenters. The van der Waals surface area contributed by atoms with E-state index in [9.17, 15) is 9.59 Å². The maximum Gasteiger partial charge on any atom is 0.342 e. The topological polar surface area (TPSA) is 157 Å². The molecule has 0 radical (unpaired) electrons. The summed E-state index contributed by atoms with van der Waals surface area (Å²) in [6.07, 6.45) is 0. The van der Waals surface area contributed by atoms with Crippen LogP contribution in [0.1, 0.15) is 0 Å². The molecule has 10 heteroatoms. The first-order chi connectivity index (χ1) is 7.52. The minimum absolute atomic E-state index is 0.297. The van der Waals surface area contributed by atoms with Gasteiger partial charge in [0.05, 0.1) is 0 Å². The molecule has 0 saturated heterocycles. The quantitative estimate of drug-likeness (QED) is 0.228. The molecule has 0 unspecified atom stereocenters. The SMILES string of the molecule is NOC(=O)[C@@H](N)CSSC[C@H](N)C(=O)ON. The largest absolute Gasteiger partial charge is 0.372 e. The molecule has 0 saturated carbocycles. The van der Waals surface area contributed by atoms with Crippen LogP contribution in [0.5, 0.6) is 0 Å². The summed E-state index contributed by atoms with van der Waals surface area (Å²) in [4.78, 5) is 29.5. The number of nitrogens with two attached hydrogens (primary N) is 4. The van der Waals surface area contributed by atoms with Crippen molar-refractivity contribution in [3.05, 3.63) is 0 Å². The maximum absolute atomic E-state index is 10.8. The summed E-state index contributed by atoms with van der Waals surface area (Å²) in [7, 11) is 2.54. The van der Waals surface area contributed by atoms with E-state index in [-0.39, 0.29) is 0 Å². The fourth-order valence-corrected chi connectivity index (χ4v) is 2.77. The minimum Gasteiger partial charge on any atom is -0.372 e. The van der Waals surface area contributed by atoms with Gasteiger partial charge in [0.1, 0.15) is 12.1 Å². The Morgan fingerprint density at radius 3 is 1.50 bits per heavy atom. The van der Waals surface area contributed by atoms with Gasteiger partial charge in [-0.2, -0.15) is 11.8 Å². The molecule has 0 bridgehead atoms. The second-order valence-corrected chi connectivity index (χ2v) is 5.21. The lowest BCUT2D eigenvalue weighted by molar-refractivity contribution is -0.145. The third-order valence-electron chi connectivity index (χ3n) is 1.42. The predicted octanol–water partition coefficient (Wildman–Crippen LogP) is -2.14. The molecule has 0 aromatic carbocycles. The Hall–Kier alpha value is -0.520. The molecule has 0 aromatic heterocycles. The van der Waals surface area contributed by atoms with Crippen molar-refractivity contribution in [2.45, 2.75) is 12.1 Å². The fraction of sp³-hybridized carbons (Fsp3) is 0.667. The molecule has 0 aliphatic heterocycles. The fourth-order valence-electron chi connectivity index (χ4n) is 0.554. The summed E-state index contributed by atoms with van der Waals surface area (Å²) >= 11 is 0. The van der Waals surface area contributed by atoms with Crippen molar-refractivity contribution < 1.29 is 19.3 Å². The Kier molecular flexibility index (Phi) is 8.33. The van der Waals surface area contributed by atoms with Crippen molar-refractivity contribution in [1.82, 2.24) is 0 Å². The number of rotatable bonds is 7. The normalized spacial score (nSPS) is 14.0. The van der Waals surface area contributed by atoms with Crippen LogP contribution >= 0.6 is 21.6 Å². The van der Waals surface area contributed by atoms with Crippen molar-refractivity contribution in [2.24, 2.45) is 23.3 Å². The van der Waals surface area contributed by atoms with Crippen LogP contribution in [-0.4, -0.2) is 35.5 Å². The predicted molar refractivity (Wildman–Crippen MR) is 61.4 cm³/mol. The third-order valence-corrected chi connectivity index (χ3v) is 3.89. The lowest BCUT2D eigenvalue weighted by atomic mass is 10.4. The van der Waals surface area contributed by atoms with E-state index in [0.717, 1.165) is 0 Å². The van der Waals surface area contributed by atoms with Crippen molar-refractivity contribution in [1.29, 1.82) is 0 Å². The molecule has 16 heavy (non-hydrogen) atoms. The van der Waals surface area contributed by atoms with E-state index in [1.165, 1.54) is 21.6 Å². The molecule has 0 fully saturated rings. The van der Waals surface area contributed by atoms with Gasteiger partial charge in [-0.3, -0.25) is 0 Å². The second-order valence-electron chi connectivity index (χ2n) is 2.66. The van der Waals surface area contributed by atoms with Crippen molar-refractivity contribution in [3.63, 3.8) is 0 Å². The lowest BCUT2D eigenvalue weighted by Gasteiger charge is -2.09. The van der Waals surface area contributed by atoms with Gasteiger partial charge in [0.15, 0.2) is 0 Å². The standard InChI is InChI=1S/C6H14N4O4S2/c7-3(5(11)13-9)1-15-16-2-4(8)6(12)14-10/h3-4H,1-2,7-10H2/t3-,4-/m0/s1. The highest BCUT2D eigenvalue weighted by molar-refractivity contribution is 8.76. The highest BCUT2D eigenvalue weighted by Gasteiger charge is 2.17. The van der Waals surface area contributed by atoms with Crippen molar-refractivity contribution >= 4 is 33.5 Å². The van der Waals surface area contributed by atoms with Gasteiger partial charge >= 0.3 is 11.9 Å². The Morgan fingerprint density at radius 1 is 0.938 bits per heavy atom. The zero-order valence-electron chi connectivity index (χ0n) is 8.33. The van der Waals surface area contributed by atoms with Gasteiger partial charge in [0.25, 0.3) is 0 Å². The molecule has 0 aromatic rings. The molecule has 0 aliphatic rings. The highest BCUT2D eigenvalue weighted by atomic mass is 33.1. The summed E-state index contributed by atoms with van der Waals surface area (Å²) in [6, 6.07) is -1.61. The van der Waals surface area contributed by atoms with E-state index in [2.05, 4.69) is 21.5 Å². The van der Waals surface area contributed by atoms with E-state index in [4.69, 9.17) is 11.5 Å². The molecule has 0 amide bonds. The molecule has 8 nitrogen and oxygen atoms in total. The molecule has 0 spiro atoms. The molecule has 94 valence electrons. The van der Waals surface area contributed by atoms with Crippen LogP contribution in [0.15, 0.2) is 0 Å². The lowest BCUT2D eigenvalue weighted by Crippen LogP contribution is -2.37. The monoisotopic (exact) mass is 270 g/mol. The Labute approximate surface area is 100 Å². The first-order valence-electron chi connectivity index (χ1n) is 4.09. The van der Waals surface area contributed by atoms with E-state index in [0.29, 0.717) is 11.5 Å².